The van der Waals surface area contributed by atoms with Crippen molar-refractivity contribution in [3.63, 3.8) is 0 Å². The van der Waals surface area contributed by atoms with Gasteiger partial charge in [-0.1, -0.05) is 0 Å². The molecule has 0 N–H and O–H groups in total. The first-order valence-electron chi connectivity index (χ1n) is 13.3. The third kappa shape index (κ3) is 4.42. The van der Waals surface area contributed by atoms with E-state index < -0.39 is 0 Å². The van der Waals surface area contributed by atoms with Crippen molar-refractivity contribution in [2.75, 3.05) is 38.8 Å². The van der Waals surface area contributed by atoms with Gasteiger partial charge in [0.15, 0.2) is 11.5 Å². The van der Waals surface area contributed by atoms with E-state index in [1.54, 1.807) is 26.6 Å². The van der Waals surface area contributed by atoms with Crippen LogP contribution in [0.25, 0.3) is 21.9 Å². The highest BCUT2D eigenvalue weighted by Crippen LogP contribution is 2.42. The molecule has 10 nitrogen and oxygen atoms in total. The minimum atomic E-state index is -0.375. The van der Waals surface area contributed by atoms with Crippen molar-refractivity contribution in [3.05, 3.63) is 41.7 Å². The van der Waals surface area contributed by atoms with Crippen LogP contribution in [0.3, 0.4) is 0 Å². The molecule has 3 aliphatic rings. The summed E-state index contributed by atoms with van der Waals surface area (Å²) >= 11 is 0. The van der Waals surface area contributed by atoms with Gasteiger partial charge in [-0.25, -0.2) is 14.8 Å². The van der Waals surface area contributed by atoms with E-state index in [1.807, 2.05) is 41.8 Å². The Kier molecular flexibility index (Phi) is 6.50. The number of nitrogens with zero attached hydrogens (tertiary/aromatic N) is 4. The fourth-order valence-corrected chi connectivity index (χ4v) is 6.08. The Hall–Kier alpha value is -3.92. The number of carbonyl (C=O) groups excluding carboxylic acids is 2. The summed E-state index contributed by atoms with van der Waals surface area (Å²) in [7, 11) is 3.17. The summed E-state index contributed by atoms with van der Waals surface area (Å²) in [4.78, 5) is 39.6. The van der Waals surface area contributed by atoms with Crippen molar-refractivity contribution in [1.29, 1.82) is 0 Å². The first-order valence-corrected chi connectivity index (χ1v) is 13.3. The normalized spacial score (nSPS) is 22.7. The number of hydrogen-bond donors (Lipinski definition) is 0. The number of benzene rings is 2. The molecule has 0 unspecified atom stereocenters. The average molecular weight is 533 g/mol. The number of amides is 1. The highest BCUT2D eigenvalue weighted by atomic mass is 16.5. The van der Waals surface area contributed by atoms with Gasteiger partial charge in [-0.05, 0) is 55.7 Å². The third-order valence-corrected chi connectivity index (χ3v) is 7.74. The summed E-state index contributed by atoms with van der Waals surface area (Å²) in [5.74, 6) is 1.38. The SMILES string of the molecule is COc1cc2cc3c(c(-c4cnc(N5CCC[C@H]5C(=O)N5C[C@@H](C)O[C@@H](C)C5)nc4)c2cc1OC)C(=O)OC3. The van der Waals surface area contributed by atoms with Gasteiger partial charge in [-0.3, -0.25) is 4.79 Å². The van der Waals surface area contributed by atoms with Crippen LogP contribution in [0, 0.1) is 0 Å². The van der Waals surface area contributed by atoms with Crippen LogP contribution in [0.2, 0.25) is 0 Å². The van der Waals surface area contributed by atoms with Crippen LogP contribution in [-0.2, 0) is 20.9 Å². The van der Waals surface area contributed by atoms with Crippen molar-refractivity contribution in [2.45, 2.75) is 51.5 Å². The maximum Gasteiger partial charge on any atom is 0.339 e. The summed E-state index contributed by atoms with van der Waals surface area (Å²) in [6, 6.07) is 5.40. The molecule has 204 valence electrons. The minimum absolute atomic E-state index is 0.00999. The van der Waals surface area contributed by atoms with Gasteiger partial charge in [0, 0.05) is 48.7 Å². The summed E-state index contributed by atoms with van der Waals surface area (Å²) < 4.78 is 22.2. The van der Waals surface area contributed by atoms with Gasteiger partial charge in [0.2, 0.25) is 11.9 Å². The molecule has 3 aliphatic heterocycles. The standard InChI is InChI=1S/C29H32N4O6/c1-16-13-32(14-17(2)39-16)27(34)22-6-5-7-33(22)29-30-11-20(12-31-29)25-21-10-24(37-4)23(36-3)9-18(21)8-19-15-38-28(35)26(19)25/h8-12,16-17,22H,5-7,13-15H2,1-4H3/t16-,17+,22-/m0/s1. The van der Waals surface area contributed by atoms with Crippen LogP contribution in [0.5, 0.6) is 11.5 Å². The van der Waals surface area contributed by atoms with Gasteiger partial charge in [-0.2, -0.15) is 0 Å². The van der Waals surface area contributed by atoms with Crippen LogP contribution >= 0.6 is 0 Å². The Bertz CT molecular complexity index is 1430. The molecule has 2 aromatic carbocycles. The highest BCUT2D eigenvalue weighted by Gasteiger charge is 2.38. The molecule has 1 aromatic heterocycles. The zero-order valence-corrected chi connectivity index (χ0v) is 22.6. The van der Waals surface area contributed by atoms with Crippen molar-refractivity contribution in [3.8, 4) is 22.6 Å². The lowest BCUT2D eigenvalue weighted by Gasteiger charge is -2.38. The Morgan fingerprint density at radius 2 is 1.69 bits per heavy atom. The van der Waals surface area contributed by atoms with Crippen LogP contribution in [0.4, 0.5) is 5.95 Å². The number of aromatic nitrogens is 2. The molecule has 3 aromatic rings. The molecule has 3 atom stereocenters. The molecule has 0 spiro atoms. The first kappa shape index (κ1) is 25.4. The zero-order chi connectivity index (χ0) is 27.3. The highest BCUT2D eigenvalue weighted by molar-refractivity contribution is 6.11. The number of hydrogen-bond acceptors (Lipinski definition) is 9. The Morgan fingerprint density at radius 3 is 2.38 bits per heavy atom. The summed E-state index contributed by atoms with van der Waals surface area (Å²) in [6.45, 7) is 6.08. The summed E-state index contributed by atoms with van der Waals surface area (Å²) in [6.07, 6.45) is 5.11. The second-order valence-corrected chi connectivity index (χ2v) is 10.4. The fraction of sp³-hybridized carbons (Fsp3) is 0.448. The maximum absolute atomic E-state index is 13.5. The predicted octanol–water partition coefficient (Wildman–Crippen LogP) is 3.59. The molecular formula is C29H32N4O6. The van der Waals surface area contributed by atoms with E-state index in [0.717, 1.165) is 29.2 Å². The number of rotatable bonds is 5. The fourth-order valence-electron chi connectivity index (χ4n) is 6.08. The Morgan fingerprint density at radius 1 is 1.00 bits per heavy atom. The predicted molar refractivity (Wildman–Crippen MR) is 144 cm³/mol. The van der Waals surface area contributed by atoms with Gasteiger partial charge in [0.25, 0.3) is 0 Å². The van der Waals surface area contributed by atoms with E-state index >= 15 is 0 Å². The smallest absolute Gasteiger partial charge is 0.339 e. The average Bonchev–Trinajstić information content (AvgIpc) is 3.57. The largest absolute Gasteiger partial charge is 0.493 e. The molecule has 0 aliphatic carbocycles. The number of ether oxygens (including phenoxy) is 4. The Balaban J connectivity index is 1.36. The third-order valence-electron chi connectivity index (χ3n) is 7.74. The van der Waals surface area contributed by atoms with E-state index in [0.29, 0.717) is 53.8 Å². The van der Waals surface area contributed by atoms with Gasteiger partial charge in [0.1, 0.15) is 12.6 Å². The molecule has 2 fully saturated rings. The van der Waals surface area contributed by atoms with Crippen LogP contribution in [0.1, 0.15) is 42.6 Å². The van der Waals surface area contributed by atoms with Crippen LogP contribution < -0.4 is 14.4 Å². The van der Waals surface area contributed by atoms with Gasteiger partial charge < -0.3 is 28.7 Å². The van der Waals surface area contributed by atoms with E-state index in [2.05, 4.69) is 9.97 Å². The molecule has 2 saturated heterocycles. The number of cyclic esters (lactones) is 1. The molecule has 0 saturated carbocycles. The van der Waals surface area contributed by atoms with Crippen molar-refractivity contribution in [1.82, 2.24) is 14.9 Å². The van der Waals surface area contributed by atoms with Gasteiger partial charge in [-0.15, -0.1) is 0 Å². The molecule has 1 amide bonds. The number of carbonyl (C=O) groups is 2. The number of anilines is 1. The van der Waals surface area contributed by atoms with Crippen LogP contribution in [0.15, 0.2) is 30.6 Å². The second-order valence-electron chi connectivity index (χ2n) is 10.4. The monoisotopic (exact) mass is 532 g/mol. The Labute approximate surface area is 226 Å². The van der Waals surface area contributed by atoms with Gasteiger partial charge in [0.05, 0.1) is 32.0 Å². The topological polar surface area (TPSA) is 103 Å². The van der Waals surface area contributed by atoms with E-state index in [1.165, 1.54) is 0 Å². The lowest BCUT2D eigenvalue weighted by molar-refractivity contribution is -0.144. The van der Waals surface area contributed by atoms with E-state index in [9.17, 15) is 9.59 Å². The van der Waals surface area contributed by atoms with Crippen molar-refractivity contribution >= 4 is 28.6 Å². The number of morpholine rings is 1. The molecule has 0 bridgehead atoms. The lowest BCUT2D eigenvalue weighted by Crippen LogP contribution is -2.54. The molecule has 4 heterocycles. The zero-order valence-electron chi connectivity index (χ0n) is 22.6. The number of methoxy groups -OCH3 is 2. The summed E-state index contributed by atoms with van der Waals surface area (Å²) in [5, 5.41) is 1.70. The van der Waals surface area contributed by atoms with Crippen molar-refractivity contribution < 1.29 is 28.5 Å². The lowest BCUT2D eigenvalue weighted by atomic mass is 9.91. The number of esters is 1. The maximum atomic E-state index is 13.5. The molecule has 10 heteroatoms. The van der Waals surface area contributed by atoms with Gasteiger partial charge >= 0.3 is 5.97 Å². The first-order chi connectivity index (χ1) is 18.9. The minimum Gasteiger partial charge on any atom is -0.493 e. The molecule has 6 rings (SSSR count). The van der Waals surface area contributed by atoms with E-state index in [4.69, 9.17) is 18.9 Å². The number of fused-ring (bicyclic) bond motifs is 2. The quantitative estimate of drug-likeness (QED) is 0.456. The summed E-state index contributed by atoms with van der Waals surface area (Å²) in [5.41, 5.74) is 2.70. The van der Waals surface area contributed by atoms with Crippen molar-refractivity contribution in [2.24, 2.45) is 0 Å². The second kappa shape index (κ2) is 10.00. The molecule has 39 heavy (non-hydrogen) atoms. The van der Waals surface area contributed by atoms with Crippen LogP contribution in [-0.4, -0.2) is 78.8 Å². The van der Waals surface area contributed by atoms with E-state index in [-0.39, 0.29) is 36.7 Å². The molecule has 0 radical (unpaired) electrons. The molecular weight excluding hydrogens is 500 g/mol.